The molecular weight excluding hydrogens is 198 g/mol. The van der Waals surface area contributed by atoms with Crippen molar-refractivity contribution in [3.05, 3.63) is 11.7 Å². The number of aliphatic hydroxyl groups is 1. The van der Waals surface area contributed by atoms with Crippen molar-refractivity contribution >= 4 is 0 Å². The van der Waals surface area contributed by atoms with Crippen LogP contribution in [0.4, 0.5) is 0 Å². The Labute approximate surface area is 87.6 Å². The van der Waals surface area contributed by atoms with Crippen LogP contribution in [0.3, 0.4) is 0 Å². The molecule has 15 heavy (non-hydrogen) atoms. The lowest BCUT2D eigenvalue weighted by Crippen LogP contribution is -2.58. The first kappa shape index (κ1) is 10.5. The predicted octanol–water partition coefficient (Wildman–Crippen LogP) is -0.517. The maximum atomic E-state index is 8.67. The van der Waals surface area contributed by atoms with Gasteiger partial charge in [0.15, 0.2) is 5.82 Å². The molecule has 2 heterocycles. The zero-order valence-corrected chi connectivity index (χ0v) is 8.69. The molecule has 0 atom stereocenters. The van der Waals surface area contributed by atoms with E-state index in [0.29, 0.717) is 24.7 Å². The van der Waals surface area contributed by atoms with Crippen molar-refractivity contribution in [1.82, 2.24) is 15.5 Å². The molecule has 2 rings (SSSR count). The summed E-state index contributed by atoms with van der Waals surface area (Å²) >= 11 is 0. The molecule has 2 N–H and O–H groups in total. The summed E-state index contributed by atoms with van der Waals surface area (Å²) in [6.45, 7) is 4.10. The highest BCUT2D eigenvalue weighted by Gasteiger charge is 2.32. The lowest BCUT2D eigenvalue weighted by atomic mass is 10.0. The summed E-state index contributed by atoms with van der Waals surface area (Å²) in [6.07, 6.45) is 0.419. The van der Waals surface area contributed by atoms with Gasteiger partial charge in [-0.25, -0.2) is 0 Å². The summed E-state index contributed by atoms with van der Waals surface area (Å²) < 4.78 is 10.6. The molecule has 84 valence electrons. The number of hydrogen-bond acceptors (Lipinski definition) is 6. The first-order chi connectivity index (χ1) is 7.22. The second-order valence-corrected chi connectivity index (χ2v) is 3.92. The van der Waals surface area contributed by atoms with Crippen LogP contribution >= 0.6 is 0 Å². The van der Waals surface area contributed by atoms with Crippen LogP contribution in [0.25, 0.3) is 0 Å². The Bertz CT molecular complexity index is 322. The lowest BCUT2D eigenvalue weighted by Gasteiger charge is -2.38. The van der Waals surface area contributed by atoms with E-state index in [1.54, 1.807) is 0 Å². The smallest absolute Gasteiger partial charge is 0.252 e. The van der Waals surface area contributed by atoms with E-state index in [4.69, 9.17) is 14.4 Å². The summed E-state index contributed by atoms with van der Waals surface area (Å²) in [6, 6.07) is 0. The molecule has 0 amide bonds. The van der Waals surface area contributed by atoms with Gasteiger partial charge in [0, 0.05) is 19.5 Å². The fourth-order valence-corrected chi connectivity index (χ4v) is 1.37. The molecule has 0 aromatic carbocycles. The topological polar surface area (TPSA) is 80.4 Å². The quantitative estimate of drug-likeness (QED) is 0.685. The fourth-order valence-electron chi connectivity index (χ4n) is 1.37. The van der Waals surface area contributed by atoms with Crippen molar-refractivity contribution in [3.63, 3.8) is 0 Å². The molecule has 6 nitrogen and oxygen atoms in total. The molecule has 1 saturated heterocycles. The van der Waals surface area contributed by atoms with Gasteiger partial charge in [-0.3, -0.25) is 0 Å². The molecular formula is C9H15N3O3. The molecule has 1 fully saturated rings. The number of aromatic nitrogens is 2. The summed E-state index contributed by atoms with van der Waals surface area (Å²) in [5.41, 5.74) is -0.106. The second-order valence-electron chi connectivity index (χ2n) is 3.92. The van der Waals surface area contributed by atoms with Crippen molar-refractivity contribution in [1.29, 1.82) is 0 Å². The molecule has 1 aromatic rings. The van der Waals surface area contributed by atoms with Crippen LogP contribution in [-0.4, -0.2) is 40.5 Å². The maximum absolute atomic E-state index is 8.67. The molecule has 1 aromatic heterocycles. The minimum atomic E-state index is -0.106. The van der Waals surface area contributed by atoms with E-state index >= 15 is 0 Å². The number of nitrogens with one attached hydrogen (secondary N) is 1. The Morgan fingerprint density at radius 2 is 2.40 bits per heavy atom. The van der Waals surface area contributed by atoms with Crippen LogP contribution < -0.4 is 5.32 Å². The van der Waals surface area contributed by atoms with Gasteiger partial charge >= 0.3 is 0 Å². The molecule has 0 unspecified atom stereocenters. The lowest BCUT2D eigenvalue weighted by molar-refractivity contribution is -0.0841. The third-order valence-corrected chi connectivity index (χ3v) is 2.39. The molecule has 0 radical (unpaired) electrons. The van der Waals surface area contributed by atoms with E-state index in [9.17, 15) is 0 Å². The molecule has 0 saturated carbocycles. The summed E-state index contributed by atoms with van der Waals surface area (Å²) in [7, 11) is 0. The van der Waals surface area contributed by atoms with E-state index in [1.165, 1.54) is 0 Å². The number of aliphatic hydroxyl groups excluding tert-OH is 1. The zero-order chi connectivity index (χ0) is 10.7. The van der Waals surface area contributed by atoms with Gasteiger partial charge in [0.05, 0.1) is 12.2 Å². The molecule has 1 aliphatic heterocycles. The largest absolute Gasteiger partial charge is 0.396 e. The monoisotopic (exact) mass is 213 g/mol. The van der Waals surface area contributed by atoms with Gasteiger partial charge in [0.25, 0.3) is 5.89 Å². The Hall–Kier alpha value is -0.980. The van der Waals surface area contributed by atoms with Crippen molar-refractivity contribution in [3.8, 4) is 0 Å². The molecule has 0 aliphatic carbocycles. The Balaban J connectivity index is 1.82. The van der Waals surface area contributed by atoms with Crippen LogP contribution in [0.1, 0.15) is 18.6 Å². The van der Waals surface area contributed by atoms with Crippen LogP contribution in [0, 0.1) is 0 Å². The van der Waals surface area contributed by atoms with Crippen LogP contribution in [0.5, 0.6) is 0 Å². The minimum Gasteiger partial charge on any atom is -0.396 e. The van der Waals surface area contributed by atoms with Gasteiger partial charge in [-0.2, -0.15) is 4.98 Å². The second kappa shape index (κ2) is 4.26. The Morgan fingerprint density at radius 1 is 1.60 bits per heavy atom. The Morgan fingerprint density at radius 3 is 3.00 bits per heavy atom. The van der Waals surface area contributed by atoms with Crippen LogP contribution in [0.15, 0.2) is 4.52 Å². The fraction of sp³-hybridized carbons (Fsp3) is 0.778. The number of hydrogen-bond donors (Lipinski definition) is 2. The van der Waals surface area contributed by atoms with E-state index in [0.717, 1.165) is 13.1 Å². The van der Waals surface area contributed by atoms with E-state index in [-0.39, 0.29) is 12.2 Å². The van der Waals surface area contributed by atoms with Gasteiger partial charge in [0.2, 0.25) is 0 Å². The first-order valence-electron chi connectivity index (χ1n) is 4.99. The minimum absolute atomic E-state index is 0.0292. The number of ether oxygens (including phenoxy) is 1. The third kappa shape index (κ3) is 2.53. The highest BCUT2D eigenvalue weighted by atomic mass is 16.5. The van der Waals surface area contributed by atoms with E-state index in [2.05, 4.69) is 15.5 Å². The van der Waals surface area contributed by atoms with Gasteiger partial charge in [0.1, 0.15) is 6.61 Å². The van der Waals surface area contributed by atoms with Crippen molar-refractivity contribution in [2.24, 2.45) is 0 Å². The maximum Gasteiger partial charge on any atom is 0.252 e. The van der Waals surface area contributed by atoms with Crippen molar-refractivity contribution in [2.75, 3.05) is 19.7 Å². The van der Waals surface area contributed by atoms with Crippen molar-refractivity contribution in [2.45, 2.75) is 25.6 Å². The first-order valence-corrected chi connectivity index (χ1v) is 4.99. The van der Waals surface area contributed by atoms with E-state index in [1.807, 2.05) is 6.92 Å². The van der Waals surface area contributed by atoms with Gasteiger partial charge < -0.3 is 19.7 Å². The van der Waals surface area contributed by atoms with Gasteiger partial charge in [-0.1, -0.05) is 5.16 Å². The highest BCUT2D eigenvalue weighted by molar-refractivity contribution is 4.91. The van der Waals surface area contributed by atoms with Gasteiger partial charge in [-0.05, 0) is 6.92 Å². The zero-order valence-electron chi connectivity index (χ0n) is 8.69. The number of rotatable bonds is 5. The highest BCUT2D eigenvalue weighted by Crippen LogP contribution is 2.17. The van der Waals surface area contributed by atoms with Crippen LogP contribution in [0.2, 0.25) is 0 Å². The van der Waals surface area contributed by atoms with E-state index < -0.39 is 0 Å². The third-order valence-electron chi connectivity index (χ3n) is 2.39. The molecule has 6 heteroatoms. The average Bonchev–Trinajstić information content (AvgIpc) is 2.60. The number of nitrogens with zero attached hydrogens (tertiary/aromatic N) is 2. The van der Waals surface area contributed by atoms with Crippen LogP contribution in [-0.2, 0) is 17.8 Å². The summed E-state index contributed by atoms with van der Waals surface area (Å²) in [4.78, 5) is 4.08. The Kier molecular flexibility index (Phi) is 2.99. The molecule has 1 aliphatic rings. The summed E-state index contributed by atoms with van der Waals surface area (Å²) in [5, 5.41) is 15.5. The van der Waals surface area contributed by atoms with Gasteiger partial charge in [-0.15, -0.1) is 0 Å². The standard InChI is InChI=1S/C9H15N3O3/c1-9(5-10-6-9)14-4-8-11-7(2-3-13)12-15-8/h10,13H,2-6H2,1H3. The predicted molar refractivity (Wildman–Crippen MR) is 51.2 cm³/mol. The van der Waals surface area contributed by atoms with Crippen molar-refractivity contribution < 1.29 is 14.4 Å². The molecule has 0 bridgehead atoms. The summed E-state index contributed by atoms with van der Waals surface area (Å²) in [5.74, 6) is 0.986. The average molecular weight is 213 g/mol. The molecule has 0 spiro atoms. The SMILES string of the molecule is CC1(OCc2nc(CCO)no2)CNC1. The normalized spacial score (nSPS) is 18.8.